The molecule has 2 N–H and O–H groups in total. The smallest absolute Gasteiger partial charge is 0.237 e. The van der Waals surface area contributed by atoms with E-state index in [0.717, 1.165) is 24.9 Å². The summed E-state index contributed by atoms with van der Waals surface area (Å²) >= 11 is 0. The Bertz CT molecular complexity index is 408. The van der Waals surface area contributed by atoms with Gasteiger partial charge >= 0.3 is 0 Å². The fourth-order valence-corrected chi connectivity index (χ4v) is 2.45. The number of aromatic nitrogens is 1. The lowest BCUT2D eigenvalue weighted by Gasteiger charge is -2.38. The molecule has 0 saturated carbocycles. The Morgan fingerprint density at radius 2 is 2.37 bits per heavy atom. The summed E-state index contributed by atoms with van der Waals surface area (Å²) in [7, 11) is 0. The Labute approximate surface area is 120 Å². The highest BCUT2D eigenvalue weighted by Gasteiger charge is 2.36. The molecule has 4 nitrogen and oxygen atoms in total. The lowest BCUT2D eigenvalue weighted by Crippen LogP contribution is -2.55. The summed E-state index contributed by atoms with van der Waals surface area (Å²) in [6, 6.07) is 3.75. The van der Waals surface area contributed by atoms with Crippen LogP contribution in [0.4, 0.5) is 0 Å². The Balaban J connectivity index is 0.00000180. The number of carbonyl (C=O) groups excluding carboxylic acids is 1. The molecule has 2 heterocycles. The van der Waals surface area contributed by atoms with Crippen molar-refractivity contribution in [2.75, 3.05) is 6.54 Å². The van der Waals surface area contributed by atoms with E-state index in [1.165, 1.54) is 0 Å². The van der Waals surface area contributed by atoms with Crippen LogP contribution in [0.3, 0.4) is 0 Å². The summed E-state index contributed by atoms with van der Waals surface area (Å²) < 4.78 is 0. The van der Waals surface area contributed by atoms with E-state index < -0.39 is 0 Å². The average Bonchev–Trinajstić information content (AvgIpc) is 2.37. The SMILES string of the molecule is CC1(C)CCCNC1C(=O)NCc1cccnc1.Cl. The highest BCUT2D eigenvalue weighted by atomic mass is 35.5. The van der Waals surface area contributed by atoms with Gasteiger partial charge in [-0.2, -0.15) is 0 Å². The number of nitrogens with one attached hydrogen (secondary N) is 2. The van der Waals surface area contributed by atoms with Crippen LogP contribution in [0.5, 0.6) is 0 Å². The molecule has 1 aromatic rings. The van der Waals surface area contributed by atoms with E-state index in [2.05, 4.69) is 29.5 Å². The van der Waals surface area contributed by atoms with Crippen molar-refractivity contribution in [1.29, 1.82) is 0 Å². The maximum absolute atomic E-state index is 12.2. The number of hydrogen-bond acceptors (Lipinski definition) is 3. The van der Waals surface area contributed by atoms with Crippen molar-refractivity contribution >= 4 is 18.3 Å². The zero-order valence-electron chi connectivity index (χ0n) is 11.5. The van der Waals surface area contributed by atoms with Gasteiger partial charge in [0, 0.05) is 18.9 Å². The van der Waals surface area contributed by atoms with E-state index in [0.29, 0.717) is 6.54 Å². The molecule has 1 aliphatic rings. The van der Waals surface area contributed by atoms with E-state index in [1.807, 2.05) is 12.1 Å². The van der Waals surface area contributed by atoms with Crippen molar-refractivity contribution in [3.63, 3.8) is 0 Å². The molecule has 1 atom stereocenters. The molecule has 1 fully saturated rings. The molecule has 2 rings (SSSR count). The van der Waals surface area contributed by atoms with Gasteiger partial charge in [-0.15, -0.1) is 12.4 Å². The maximum atomic E-state index is 12.2. The van der Waals surface area contributed by atoms with Crippen LogP contribution >= 0.6 is 12.4 Å². The average molecular weight is 284 g/mol. The molecule has 1 amide bonds. The standard InChI is InChI=1S/C14H21N3O.ClH/c1-14(2)6-4-8-16-12(14)13(18)17-10-11-5-3-7-15-9-11;/h3,5,7,9,12,16H,4,6,8,10H2,1-2H3,(H,17,18);1H. The molecule has 1 aromatic heterocycles. The number of amides is 1. The first-order chi connectivity index (χ1) is 8.59. The summed E-state index contributed by atoms with van der Waals surface area (Å²) in [5.74, 6) is 0.0866. The molecule has 0 spiro atoms. The van der Waals surface area contributed by atoms with E-state index in [-0.39, 0.29) is 29.8 Å². The second kappa shape index (κ2) is 6.87. The molecule has 1 saturated heterocycles. The highest BCUT2D eigenvalue weighted by molar-refractivity contribution is 5.85. The fourth-order valence-electron chi connectivity index (χ4n) is 2.45. The number of halogens is 1. The largest absolute Gasteiger partial charge is 0.351 e. The Kier molecular flexibility index (Phi) is 5.76. The molecule has 5 heteroatoms. The molecular formula is C14H22ClN3O. The first-order valence-electron chi connectivity index (χ1n) is 6.49. The van der Waals surface area contributed by atoms with E-state index in [4.69, 9.17) is 0 Å². The lowest BCUT2D eigenvalue weighted by molar-refractivity contribution is -0.126. The van der Waals surface area contributed by atoms with Crippen molar-refractivity contribution in [2.45, 2.75) is 39.3 Å². The van der Waals surface area contributed by atoms with Gasteiger partial charge in [-0.3, -0.25) is 9.78 Å². The fraction of sp³-hybridized carbons (Fsp3) is 0.571. The van der Waals surface area contributed by atoms with Crippen LogP contribution in [0, 0.1) is 5.41 Å². The summed E-state index contributed by atoms with van der Waals surface area (Å²) in [6.45, 7) is 5.76. The number of pyridine rings is 1. The highest BCUT2D eigenvalue weighted by Crippen LogP contribution is 2.30. The van der Waals surface area contributed by atoms with Crippen LogP contribution in [0.1, 0.15) is 32.3 Å². The van der Waals surface area contributed by atoms with Gasteiger partial charge in [-0.1, -0.05) is 19.9 Å². The molecule has 106 valence electrons. The zero-order chi connectivity index (χ0) is 13.0. The van der Waals surface area contributed by atoms with Crippen LogP contribution in [0.25, 0.3) is 0 Å². The van der Waals surface area contributed by atoms with Crippen LogP contribution < -0.4 is 10.6 Å². The molecule has 1 aliphatic heterocycles. The summed E-state index contributed by atoms with van der Waals surface area (Å²) in [5, 5.41) is 6.30. The summed E-state index contributed by atoms with van der Waals surface area (Å²) in [6.07, 6.45) is 5.74. The van der Waals surface area contributed by atoms with Crippen LogP contribution in [-0.4, -0.2) is 23.5 Å². The van der Waals surface area contributed by atoms with E-state index in [9.17, 15) is 4.79 Å². The topological polar surface area (TPSA) is 54.0 Å². The van der Waals surface area contributed by atoms with Crippen molar-refractivity contribution < 1.29 is 4.79 Å². The van der Waals surface area contributed by atoms with Gasteiger partial charge in [0.15, 0.2) is 0 Å². The molecule has 0 aliphatic carbocycles. The Morgan fingerprint density at radius 3 is 3.00 bits per heavy atom. The minimum atomic E-state index is -0.0945. The molecular weight excluding hydrogens is 262 g/mol. The number of carbonyl (C=O) groups is 1. The van der Waals surface area contributed by atoms with Crippen molar-refractivity contribution in [1.82, 2.24) is 15.6 Å². The van der Waals surface area contributed by atoms with Crippen LogP contribution in [0.2, 0.25) is 0 Å². The van der Waals surface area contributed by atoms with Crippen molar-refractivity contribution in [3.05, 3.63) is 30.1 Å². The van der Waals surface area contributed by atoms with Crippen molar-refractivity contribution in [2.24, 2.45) is 5.41 Å². The van der Waals surface area contributed by atoms with Gasteiger partial charge < -0.3 is 10.6 Å². The predicted octanol–water partition coefficient (Wildman–Crippen LogP) is 1.90. The van der Waals surface area contributed by atoms with Crippen LogP contribution in [0.15, 0.2) is 24.5 Å². The second-order valence-electron chi connectivity index (χ2n) is 5.56. The third-order valence-corrected chi connectivity index (χ3v) is 3.58. The van der Waals surface area contributed by atoms with Gasteiger partial charge in [0.05, 0.1) is 6.04 Å². The number of hydrogen-bond donors (Lipinski definition) is 2. The molecule has 0 aromatic carbocycles. The second-order valence-corrected chi connectivity index (χ2v) is 5.56. The zero-order valence-corrected chi connectivity index (χ0v) is 12.3. The van der Waals surface area contributed by atoms with Gasteiger partial charge in [0.1, 0.15) is 0 Å². The van der Waals surface area contributed by atoms with Crippen molar-refractivity contribution in [3.8, 4) is 0 Å². The third kappa shape index (κ3) is 4.18. The van der Waals surface area contributed by atoms with Crippen LogP contribution in [-0.2, 0) is 11.3 Å². The van der Waals surface area contributed by atoms with Gasteiger partial charge in [0.25, 0.3) is 0 Å². The maximum Gasteiger partial charge on any atom is 0.237 e. The predicted molar refractivity (Wildman–Crippen MR) is 78.1 cm³/mol. The van der Waals surface area contributed by atoms with E-state index >= 15 is 0 Å². The molecule has 0 radical (unpaired) electrons. The normalized spacial score (nSPS) is 21.3. The monoisotopic (exact) mass is 283 g/mol. The summed E-state index contributed by atoms with van der Waals surface area (Å²) in [4.78, 5) is 16.2. The third-order valence-electron chi connectivity index (χ3n) is 3.58. The molecule has 19 heavy (non-hydrogen) atoms. The number of nitrogens with zero attached hydrogens (tertiary/aromatic N) is 1. The molecule has 0 bridgehead atoms. The Hall–Kier alpha value is -1.13. The van der Waals surface area contributed by atoms with Gasteiger partial charge in [-0.05, 0) is 36.4 Å². The molecule has 1 unspecified atom stereocenters. The quantitative estimate of drug-likeness (QED) is 0.891. The number of piperidine rings is 1. The first-order valence-corrected chi connectivity index (χ1v) is 6.49. The lowest BCUT2D eigenvalue weighted by atomic mass is 9.77. The first kappa shape index (κ1) is 15.9. The Morgan fingerprint density at radius 1 is 1.58 bits per heavy atom. The summed E-state index contributed by atoms with van der Waals surface area (Å²) in [5.41, 5.74) is 1.05. The van der Waals surface area contributed by atoms with Gasteiger partial charge in [0.2, 0.25) is 5.91 Å². The number of rotatable bonds is 3. The minimum Gasteiger partial charge on any atom is -0.351 e. The minimum absolute atomic E-state index is 0. The van der Waals surface area contributed by atoms with Gasteiger partial charge in [-0.25, -0.2) is 0 Å². The van der Waals surface area contributed by atoms with E-state index in [1.54, 1.807) is 12.4 Å².